The number of aliphatic imine (C=N–C) groups is 5. The molecule has 0 bridgehead atoms. The minimum Gasteiger partial charge on any atom is -0.506 e. The fraction of sp³-hybridized carbons (Fsp3) is 0.381. The highest BCUT2D eigenvalue weighted by molar-refractivity contribution is 6.52. The van der Waals surface area contributed by atoms with Crippen LogP contribution in [0.3, 0.4) is 0 Å². The molecule has 0 unspecified atom stereocenters. The highest BCUT2D eigenvalue weighted by Gasteiger charge is 2.29. The third-order valence-corrected chi connectivity index (χ3v) is 26.1. The second kappa shape index (κ2) is 49.7. The van der Waals surface area contributed by atoms with Gasteiger partial charge in [-0.05, 0) is 233 Å². The van der Waals surface area contributed by atoms with Crippen molar-refractivity contribution in [3.05, 3.63) is 239 Å². The summed E-state index contributed by atoms with van der Waals surface area (Å²) in [5, 5.41) is 85.6. The highest BCUT2D eigenvalue weighted by Crippen LogP contribution is 2.38. The van der Waals surface area contributed by atoms with Crippen LogP contribution in [0, 0.1) is 0 Å². The second-order valence-corrected chi connectivity index (χ2v) is 36.2. The molecule has 0 atom stereocenters. The number of piperidine rings is 4. The number of ketones is 5. The number of aromatic nitrogens is 10. The van der Waals surface area contributed by atoms with Gasteiger partial charge >= 0.3 is 0 Å². The molecule has 0 aromatic carbocycles. The number of rotatable bonds is 30. The third kappa shape index (κ3) is 26.4. The Bertz CT molecular complexity index is 6790. The number of carbonyl (C=O) groups is 5. The number of aliphatic hydroxyl groups is 4. The van der Waals surface area contributed by atoms with E-state index in [0.717, 1.165) is 175 Å². The molecule has 15 heterocycles. The third-order valence-electron chi connectivity index (χ3n) is 25.8. The SMILES string of the molecule is CC1=C(O)C(=Nc2c(NCCN3CCCCC3)nn3ccccc23)C=CC1=O.CC1=CC(=Nc2c(NCCN3CCCCC3)nn3ccccc23)C(NCCO)=CC1=O.CCN(CC)CCNc1nn2ccccc2c1N=C1C=C(Cl)C(O)=CC1=O.O=C1C=C2NCCOC2=CC1=Nc1c(NCCN2CCCCC2)nn2ccccc12.O=C1C=CC(=Nc2c(NCCN3CCCCC3)nn3ccccc23)C(O)=C1. The number of carbonyl (C=O) groups excluding carboxylic acids is 5. The first-order valence-electron chi connectivity index (χ1n) is 49.6. The number of aliphatic hydroxyl groups excluding tert-OH is 4. The zero-order chi connectivity index (χ0) is 99.5. The van der Waals surface area contributed by atoms with Gasteiger partial charge in [0.15, 0.2) is 46.4 Å². The van der Waals surface area contributed by atoms with Crippen molar-refractivity contribution >= 4 is 154 Å². The second-order valence-electron chi connectivity index (χ2n) is 35.8. The highest BCUT2D eigenvalue weighted by atomic mass is 35.5. The topological polar surface area (TPSA) is 424 Å². The Balaban J connectivity index is 0.000000129. The molecule has 11 N–H and O–H groups in total. The van der Waals surface area contributed by atoms with Crippen molar-refractivity contribution in [3.63, 3.8) is 0 Å². The number of hydrogen-bond donors (Lipinski definition) is 11. The number of hydrogen-bond acceptors (Lipinski definition) is 32. The Morgan fingerprint density at radius 3 is 1.20 bits per heavy atom. The first kappa shape index (κ1) is 101. The molecule has 37 nitrogen and oxygen atoms in total. The lowest BCUT2D eigenvalue weighted by atomic mass is 10.0. The van der Waals surface area contributed by atoms with Crippen LogP contribution in [0.15, 0.2) is 264 Å². The van der Waals surface area contributed by atoms with Crippen LogP contribution in [-0.4, -0.2) is 308 Å². The van der Waals surface area contributed by atoms with Gasteiger partial charge in [-0.25, -0.2) is 47.5 Å². The van der Waals surface area contributed by atoms with E-state index >= 15 is 0 Å². The standard InChI is InChI=1S/C23H30N6O2.C22H26N6O2.C21H25N5O2.C20H23N5O2.C19H22ClN5O2/c1-17-15-19(18(16-21(17)31)24-9-14-30)26-22-20-7-3-6-12-29(20)27-23(22)25-8-13-28-10-4-2-5-11-28;29-19-14-17-20(30-13-8-23-17)15-16(19)25-21-18-6-2-5-11-28(18)26-22(21)24-7-12-27-9-3-1-4-10-27;1-15-18(27)9-8-16(20(15)28)23-19-17-7-3-6-13-26(17)24-21(19)22-10-14-25-11-4-2-5-12-25;26-15-7-8-16(18(27)14-15)22-19-17-6-2-5-12-25(17)23-20(19)21-9-13-24-10-3-1-4-11-24;1-3-24(4-2)10-8-21-19-18(15-7-5-6-9-25(15)23-19)22-14-11-13(20)16(26)12-17(14)27/h3,6-7,12,15-16,24,30H,2,4-5,8-11,13-14H2,1H3,(H,25,27);2,5-6,11,14-15,23H,1,3-4,7-10,12-13H2,(H,24,26);3,6-9,13,28H,2,4-5,10-12,14H2,1H3,(H,22,24);2,5-8,12,14,27H,1,3-4,9-11,13H2,(H,21,23);5-7,9,11-12,26H,3-4,8,10H2,1-2H3,(H,21,23). The zero-order valence-electron chi connectivity index (χ0n) is 81.4. The number of morpholine rings is 1. The first-order chi connectivity index (χ1) is 69.8. The molecular formula is C105H126ClN27O10. The van der Waals surface area contributed by atoms with Crippen LogP contribution in [0.2, 0.25) is 0 Å². The summed E-state index contributed by atoms with van der Waals surface area (Å²) in [4.78, 5) is 95.6. The molecule has 38 heteroatoms. The largest absolute Gasteiger partial charge is 0.506 e. The molecule has 5 aliphatic heterocycles. The predicted molar refractivity (Wildman–Crippen MR) is 564 cm³/mol. The number of nitrogens with zero attached hydrogens (tertiary/aromatic N) is 20. The van der Waals surface area contributed by atoms with E-state index in [1.807, 2.05) is 126 Å². The van der Waals surface area contributed by atoms with Gasteiger partial charge in [0.1, 0.15) is 80.9 Å². The summed E-state index contributed by atoms with van der Waals surface area (Å²) in [6.45, 7) is 29.0. The molecule has 0 saturated carbocycles. The molecule has 0 amide bonds. The molecule has 143 heavy (non-hydrogen) atoms. The Labute approximate surface area is 834 Å². The molecule has 10 aromatic heterocycles. The van der Waals surface area contributed by atoms with Gasteiger partial charge in [-0.2, -0.15) is 0 Å². The molecule has 5 fully saturated rings. The van der Waals surface area contributed by atoms with Gasteiger partial charge in [-0.1, -0.05) is 81.5 Å². The van der Waals surface area contributed by atoms with Crippen molar-refractivity contribution in [2.45, 2.75) is 105 Å². The van der Waals surface area contributed by atoms with Gasteiger partial charge in [0, 0.05) is 145 Å². The van der Waals surface area contributed by atoms with E-state index in [2.05, 4.69) is 111 Å². The van der Waals surface area contributed by atoms with Gasteiger partial charge in [0.25, 0.3) is 0 Å². The van der Waals surface area contributed by atoms with Crippen LogP contribution in [-0.2, 0) is 28.7 Å². The van der Waals surface area contributed by atoms with E-state index in [0.29, 0.717) is 118 Å². The number of pyridine rings is 5. The lowest BCUT2D eigenvalue weighted by molar-refractivity contribution is -0.112. The van der Waals surface area contributed by atoms with E-state index in [9.17, 15) is 44.4 Å². The number of likely N-dealkylation sites (tertiary alicyclic amines) is 4. The lowest BCUT2D eigenvalue weighted by Gasteiger charge is -2.26. The number of fused-ring (bicyclic) bond motifs is 6. The first-order valence-corrected chi connectivity index (χ1v) is 50.0. The fourth-order valence-electron chi connectivity index (χ4n) is 17.9. The minimum atomic E-state index is -0.402. The summed E-state index contributed by atoms with van der Waals surface area (Å²) in [5.41, 5.74) is 11.6. The summed E-state index contributed by atoms with van der Waals surface area (Å²) in [6, 6.07) is 28.9. The number of likely N-dealkylation sites (N-methyl/N-ethyl adjacent to an activating group) is 1. The predicted octanol–water partition coefficient (Wildman–Crippen LogP) is 14.0. The Hall–Kier alpha value is -14.6. The van der Waals surface area contributed by atoms with Crippen LogP contribution >= 0.6 is 11.6 Å². The lowest BCUT2D eigenvalue weighted by Crippen LogP contribution is -2.33. The molecule has 0 spiro atoms. The van der Waals surface area contributed by atoms with Gasteiger partial charge in [-0.3, -0.25) is 24.0 Å². The van der Waals surface area contributed by atoms with Crippen LogP contribution in [0.4, 0.5) is 57.5 Å². The molecule has 20 rings (SSSR count). The van der Waals surface area contributed by atoms with E-state index in [1.165, 1.54) is 107 Å². The summed E-state index contributed by atoms with van der Waals surface area (Å²) in [6.07, 6.45) is 40.9. The Morgan fingerprint density at radius 1 is 0.399 bits per heavy atom. The maximum Gasteiger partial charge on any atom is 0.207 e. The van der Waals surface area contributed by atoms with Crippen LogP contribution < -0.4 is 37.2 Å². The average Bonchev–Trinajstić information content (AvgIpc) is 1.67. The maximum absolute atomic E-state index is 12.6. The molecule has 5 saturated heterocycles. The minimum absolute atomic E-state index is 0.0263. The maximum atomic E-state index is 12.6. The number of allylic oxidation sites excluding steroid dienone is 14. The van der Waals surface area contributed by atoms with Crippen molar-refractivity contribution < 1.29 is 49.1 Å². The van der Waals surface area contributed by atoms with E-state index < -0.39 is 5.78 Å². The van der Waals surface area contributed by atoms with Crippen LogP contribution in [0.1, 0.15) is 105 Å². The van der Waals surface area contributed by atoms with Crippen LogP contribution in [0.5, 0.6) is 0 Å². The number of ether oxygens (including phenoxy) is 1. The molecule has 0 radical (unpaired) electrons. The van der Waals surface area contributed by atoms with Gasteiger partial charge < -0.3 is 86.9 Å². The van der Waals surface area contributed by atoms with Gasteiger partial charge in [-0.15, -0.1) is 25.5 Å². The van der Waals surface area contributed by atoms with Crippen molar-refractivity contribution in [2.75, 3.05) is 184 Å². The van der Waals surface area contributed by atoms with Crippen molar-refractivity contribution in [1.82, 2.24) is 83.2 Å². The van der Waals surface area contributed by atoms with Gasteiger partial charge in [0.05, 0.1) is 56.3 Å². The summed E-state index contributed by atoms with van der Waals surface area (Å²) in [7, 11) is 0. The quantitative estimate of drug-likeness (QED) is 0.0147. The summed E-state index contributed by atoms with van der Waals surface area (Å²) >= 11 is 5.94. The van der Waals surface area contributed by atoms with Gasteiger partial charge in [0.2, 0.25) is 11.6 Å². The smallest absolute Gasteiger partial charge is 0.207 e. The summed E-state index contributed by atoms with van der Waals surface area (Å²) in [5.74, 6) is 2.51. The van der Waals surface area contributed by atoms with Crippen molar-refractivity contribution in [3.8, 4) is 0 Å². The number of nitrogens with one attached hydrogen (secondary N) is 7. The molecule has 10 aliphatic rings. The Morgan fingerprint density at radius 2 is 0.783 bits per heavy atom. The monoisotopic (exact) mass is 1960 g/mol. The molecular weight excluding hydrogens is 1830 g/mol. The number of anilines is 5. The molecule has 748 valence electrons. The summed E-state index contributed by atoms with van der Waals surface area (Å²) < 4.78 is 14.5. The van der Waals surface area contributed by atoms with Crippen LogP contribution in [0.25, 0.3) is 27.6 Å². The average molecular weight is 1960 g/mol. The molecule has 10 aromatic rings. The zero-order valence-corrected chi connectivity index (χ0v) is 82.2. The van der Waals surface area contributed by atoms with E-state index in [4.69, 9.17) is 31.4 Å². The number of halogens is 1. The van der Waals surface area contributed by atoms with E-state index in [1.54, 1.807) is 62.3 Å². The van der Waals surface area contributed by atoms with Crippen molar-refractivity contribution in [1.29, 1.82) is 0 Å². The fourth-order valence-corrected chi connectivity index (χ4v) is 18.1. The molecule has 5 aliphatic carbocycles. The normalized spacial score (nSPS) is 19.1. The van der Waals surface area contributed by atoms with E-state index in [-0.39, 0.29) is 57.8 Å². The Kier molecular flexibility index (Phi) is 35.2. The van der Waals surface area contributed by atoms with Crippen molar-refractivity contribution in [2.24, 2.45) is 25.0 Å².